The van der Waals surface area contributed by atoms with Crippen molar-refractivity contribution >= 4 is 15.7 Å². The van der Waals surface area contributed by atoms with Crippen molar-refractivity contribution in [1.29, 1.82) is 0 Å². The Morgan fingerprint density at radius 2 is 2.00 bits per heavy atom. The highest BCUT2D eigenvalue weighted by molar-refractivity contribution is 7.89. The largest absolute Gasteiger partial charge is 0.389 e. The lowest BCUT2D eigenvalue weighted by Gasteiger charge is -2.27. The highest BCUT2D eigenvalue weighted by Gasteiger charge is 2.33. The second-order valence-electron chi connectivity index (χ2n) is 5.11. The summed E-state index contributed by atoms with van der Waals surface area (Å²) < 4.78 is 38.9. The summed E-state index contributed by atoms with van der Waals surface area (Å²) in [7, 11) is -4.21. The molecule has 0 aliphatic rings. The smallest absolute Gasteiger partial charge is 0.292 e. The van der Waals surface area contributed by atoms with E-state index in [2.05, 4.69) is 0 Å². The summed E-state index contributed by atoms with van der Waals surface area (Å²) in [6, 6.07) is 2.26. The highest BCUT2D eigenvalue weighted by atomic mass is 32.2. The van der Waals surface area contributed by atoms with Crippen molar-refractivity contribution in [1.82, 2.24) is 4.31 Å². The second-order valence-corrected chi connectivity index (χ2v) is 7.02. The van der Waals surface area contributed by atoms with E-state index in [4.69, 9.17) is 0 Å². The lowest BCUT2D eigenvalue weighted by Crippen LogP contribution is -2.42. The molecular formula is C12H17FN2O5S. The van der Waals surface area contributed by atoms with Gasteiger partial charge in [0.25, 0.3) is 5.69 Å². The van der Waals surface area contributed by atoms with Crippen molar-refractivity contribution < 1.29 is 22.8 Å². The Morgan fingerprint density at radius 1 is 1.43 bits per heavy atom. The average Bonchev–Trinajstić information content (AvgIpc) is 2.34. The van der Waals surface area contributed by atoms with E-state index in [1.165, 1.54) is 13.8 Å². The van der Waals surface area contributed by atoms with Crippen LogP contribution in [0.5, 0.6) is 0 Å². The van der Waals surface area contributed by atoms with Crippen LogP contribution in [0.15, 0.2) is 23.1 Å². The maximum atomic E-state index is 13.1. The molecular weight excluding hydrogens is 303 g/mol. The topological polar surface area (TPSA) is 101 Å². The van der Waals surface area contributed by atoms with Gasteiger partial charge in [-0.05, 0) is 26.0 Å². The molecule has 0 atom stereocenters. The molecule has 7 nitrogen and oxygen atoms in total. The van der Waals surface area contributed by atoms with Crippen molar-refractivity contribution in [2.45, 2.75) is 31.3 Å². The van der Waals surface area contributed by atoms with E-state index >= 15 is 0 Å². The van der Waals surface area contributed by atoms with Gasteiger partial charge in [-0.2, -0.15) is 4.31 Å². The van der Waals surface area contributed by atoms with Crippen LogP contribution in [0, 0.1) is 15.9 Å². The summed E-state index contributed by atoms with van der Waals surface area (Å²) in [4.78, 5) is 9.38. The molecule has 0 bridgehead atoms. The molecule has 118 valence electrons. The van der Waals surface area contributed by atoms with Gasteiger partial charge in [-0.3, -0.25) is 10.1 Å². The minimum atomic E-state index is -4.21. The number of nitro benzene ring substituents is 1. The Hall–Kier alpha value is -1.58. The first kappa shape index (κ1) is 17.5. The van der Waals surface area contributed by atoms with Crippen molar-refractivity contribution in [2.24, 2.45) is 0 Å². The SMILES string of the molecule is CCN(CC(C)(C)O)S(=O)(=O)c1ccc(F)cc1[N+](=O)[O-]. The van der Waals surface area contributed by atoms with Crippen LogP contribution in [0.1, 0.15) is 20.8 Å². The highest BCUT2D eigenvalue weighted by Crippen LogP contribution is 2.28. The first-order valence-corrected chi connectivity index (χ1v) is 7.59. The molecule has 0 saturated carbocycles. The van der Waals surface area contributed by atoms with Gasteiger partial charge in [0.2, 0.25) is 10.0 Å². The summed E-state index contributed by atoms with van der Waals surface area (Å²) in [5.74, 6) is -0.897. The number of hydrogen-bond donors (Lipinski definition) is 1. The van der Waals surface area contributed by atoms with E-state index in [-0.39, 0.29) is 13.1 Å². The van der Waals surface area contributed by atoms with Gasteiger partial charge in [0.15, 0.2) is 4.90 Å². The van der Waals surface area contributed by atoms with Gasteiger partial charge in [-0.25, -0.2) is 12.8 Å². The van der Waals surface area contributed by atoms with Crippen molar-refractivity contribution in [2.75, 3.05) is 13.1 Å². The van der Waals surface area contributed by atoms with Gasteiger partial charge in [-0.1, -0.05) is 6.92 Å². The molecule has 21 heavy (non-hydrogen) atoms. The molecule has 0 fully saturated rings. The zero-order chi connectivity index (χ0) is 16.4. The Balaban J connectivity index is 3.39. The number of hydrogen-bond acceptors (Lipinski definition) is 5. The lowest BCUT2D eigenvalue weighted by molar-refractivity contribution is -0.388. The van der Waals surface area contributed by atoms with Crippen molar-refractivity contribution in [3.8, 4) is 0 Å². The maximum Gasteiger partial charge on any atom is 0.292 e. The van der Waals surface area contributed by atoms with E-state index < -0.39 is 36.9 Å². The summed E-state index contributed by atoms with van der Waals surface area (Å²) >= 11 is 0. The van der Waals surface area contributed by atoms with Gasteiger partial charge >= 0.3 is 0 Å². The zero-order valence-electron chi connectivity index (χ0n) is 11.9. The first-order chi connectivity index (χ1) is 9.49. The quantitative estimate of drug-likeness (QED) is 0.632. The summed E-state index contributed by atoms with van der Waals surface area (Å²) in [5.41, 5.74) is -2.14. The van der Waals surface area contributed by atoms with E-state index in [0.717, 1.165) is 16.4 Å². The third-order valence-electron chi connectivity index (χ3n) is 2.65. The Labute approximate surface area is 122 Å². The van der Waals surface area contributed by atoms with Crippen LogP contribution in [0.25, 0.3) is 0 Å². The first-order valence-electron chi connectivity index (χ1n) is 6.15. The molecule has 0 heterocycles. The fraction of sp³-hybridized carbons (Fsp3) is 0.500. The maximum absolute atomic E-state index is 13.1. The fourth-order valence-electron chi connectivity index (χ4n) is 1.79. The average molecular weight is 320 g/mol. The van der Waals surface area contributed by atoms with Crippen molar-refractivity contribution in [3.63, 3.8) is 0 Å². The summed E-state index contributed by atoms with van der Waals surface area (Å²) in [5, 5.41) is 20.7. The van der Waals surface area contributed by atoms with E-state index in [1.807, 2.05) is 0 Å². The molecule has 0 amide bonds. The van der Waals surface area contributed by atoms with Crippen LogP contribution in [-0.4, -0.2) is 41.4 Å². The van der Waals surface area contributed by atoms with Crippen LogP contribution < -0.4 is 0 Å². The molecule has 0 aliphatic heterocycles. The second kappa shape index (κ2) is 6.04. The number of halogens is 1. The molecule has 0 aliphatic carbocycles. The molecule has 0 saturated heterocycles. The predicted octanol–water partition coefficient (Wildman–Crippen LogP) is 1.52. The zero-order valence-corrected chi connectivity index (χ0v) is 12.7. The molecule has 1 rings (SSSR count). The van der Waals surface area contributed by atoms with Gasteiger partial charge in [0, 0.05) is 13.1 Å². The lowest BCUT2D eigenvalue weighted by atomic mass is 10.1. The van der Waals surface area contributed by atoms with Gasteiger partial charge in [-0.15, -0.1) is 0 Å². The summed E-state index contributed by atoms with van der Waals surface area (Å²) in [6.07, 6.45) is 0. The van der Waals surface area contributed by atoms with Gasteiger partial charge in [0.05, 0.1) is 16.6 Å². The number of nitro groups is 1. The number of sulfonamides is 1. The Bertz CT molecular complexity index is 640. The molecule has 1 aromatic carbocycles. The van der Waals surface area contributed by atoms with Crippen LogP contribution in [-0.2, 0) is 10.0 Å². The molecule has 0 aromatic heterocycles. The van der Waals surface area contributed by atoms with Crippen LogP contribution in [0.4, 0.5) is 10.1 Å². The normalized spacial score (nSPS) is 12.7. The van der Waals surface area contributed by atoms with Crippen LogP contribution in [0.2, 0.25) is 0 Å². The van der Waals surface area contributed by atoms with Crippen molar-refractivity contribution in [3.05, 3.63) is 34.1 Å². The molecule has 0 unspecified atom stereocenters. The third kappa shape index (κ3) is 4.19. The molecule has 1 N–H and O–H groups in total. The number of rotatable bonds is 6. The summed E-state index contributed by atoms with van der Waals surface area (Å²) in [6.45, 7) is 4.16. The van der Waals surface area contributed by atoms with Gasteiger partial charge in [0.1, 0.15) is 5.82 Å². The standard InChI is InChI=1S/C12H17FN2O5S/c1-4-14(8-12(2,3)16)21(19,20)11-6-5-9(13)7-10(11)15(17)18/h5-7,16H,4,8H2,1-3H3. The monoisotopic (exact) mass is 320 g/mol. The number of benzene rings is 1. The molecule has 0 radical (unpaired) electrons. The number of likely N-dealkylation sites (N-methyl/N-ethyl adjacent to an activating group) is 1. The number of aliphatic hydroxyl groups is 1. The Morgan fingerprint density at radius 3 is 2.43 bits per heavy atom. The van der Waals surface area contributed by atoms with E-state index in [0.29, 0.717) is 6.07 Å². The molecule has 1 aromatic rings. The number of nitrogens with zero attached hydrogens (tertiary/aromatic N) is 2. The minimum Gasteiger partial charge on any atom is -0.389 e. The third-order valence-corrected chi connectivity index (χ3v) is 4.62. The fourth-order valence-corrected chi connectivity index (χ4v) is 3.53. The molecule has 9 heteroatoms. The molecule has 0 spiro atoms. The van der Waals surface area contributed by atoms with E-state index in [9.17, 15) is 28.0 Å². The van der Waals surface area contributed by atoms with Crippen LogP contribution in [0.3, 0.4) is 0 Å². The predicted molar refractivity (Wildman–Crippen MR) is 73.8 cm³/mol. The Kier molecular flexibility index (Phi) is 5.03. The van der Waals surface area contributed by atoms with Gasteiger partial charge < -0.3 is 5.11 Å². The van der Waals surface area contributed by atoms with Crippen LogP contribution >= 0.6 is 0 Å². The minimum absolute atomic E-state index is 0.0147. The van der Waals surface area contributed by atoms with E-state index in [1.54, 1.807) is 6.92 Å².